The van der Waals surface area contributed by atoms with Gasteiger partial charge in [0.25, 0.3) is 0 Å². The van der Waals surface area contributed by atoms with Gasteiger partial charge in [0.1, 0.15) is 5.41 Å². The Morgan fingerprint density at radius 2 is 1.50 bits per heavy atom. The SMILES string of the molecule is Cc1cc(C)c(C)c(C(=O)C2(C(=O)O)CC2)c1C. The number of benzene rings is 1. The molecule has 3 nitrogen and oxygen atoms in total. The van der Waals surface area contributed by atoms with E-state index in [1.165, 1.54) is 0 Å². The fraction of sp³-hybridized carbons (Fsp3) is 0.467. The zero-order chi connectivity index (χ0) is 13.7. The van der Waals surface area contributed by atoms with Crippen LogP contribution in [0.15, 0.2) is 6.07 Å². The number of carboxylic acid groups (broad SMARTS) is 1. The third kappa shape index (κ3) is 1.65. The standard InChI is InChI=1S/C15H18O3/c1-8-7-9(2)11(4)12(10(8)3)13(16)15(5-6-15)14(17)18/h7H,5-6H2,1-4H3,(H,17,18). The van der Waals surface area contributed by atoms with E-state index in [1.807, 2.05) is 33.8 Å². The molecule has 0 heterocycles. The van der Waals surface area contributed by atoms with E-state index >= 15 is 0 Å². The number of hydrogen-bond donors (Lipinski definition) is 1. The molecule has 0 atom stereocenters. The van der Waals surface area contributed by atoms with Crippen molar-refractivity contribution in [2.45, 2.75) is 40.5 Å². The number of aliphatic carboxylic acids is 1. The quantitative estimate of drug-likeness (QED) is 0.659. The van der Waals surface area contributed by atoms with E-state index in [0.29, 0.717) is 18.4 Å². The van der Waals surface area contributed by atoms with Gasteiger partial charge in [0.05, 0.1) is 0 Å². The summed E-state index contributed by atoms with van der Waals surface area (Å²) in [6, 6.07) is 2.04. The van der Waals surface area contributed by atoms with Gasteiger partial charge in [-0.3, -0.25) is 9.59 Å². The maximum Gasteiger partial charge on any atom is 0.317 e. The number of rotatable bonds is 3. The summed E-state index contributed by atoms with van der Waals surface area (Å²) in [6.07, 6.45) is 0.931. The summed E-state index contributed by atoms with van der Waals surface area (Å²) in [6.45, 7) is 7.71. The molecule has 1 aliphatic carbocycles. The van der Waals surface area contributed by atoms with Gasteiger partial charge < -0.3 is 5.11 Å². The number of ketones is 1. The van der Waals surface area contributed by atoms with Crippen LogP contribution in [0.5, 0.6) is 0 Å². The minimum atomic E-state index is -1.14. The van der Waals surface area contributed by atoms with Gasteiger partial charge in [-0.1, -0.05) is 6.07 Å². The van der Waals surface area contributed by atoms with Crippen LogP contribution in [0.25, 0.3) is 0 Å². The third-order valence-corrected chi connectivity index (χ3v) is 4.19. The Bertz CT molecular complexity index is 525. The van der Waals surface area contributed by atoms with E-state index in [1.54, 1.807) is 0 Å². The van der Waals surface area contributed by atoms with Crippen LogP contribution >= 0.6 is 0 Å². The normalized spacial score (nSPS) is 16.4. The Morgan fingerprint density at radius 1 is 1.06 bits per heavy atom. The first kappa shape index (κ1) is 12.8. The van der Waals surface area contributed by atoms with Gasteiger partial charge in [-0.25, -0.2) is 0 Å². The molecule has 1 aromatic carbocycles. The number of hydrogen-bond acceptors (Lipinski definition) is 2. The van der Waals surface area contributed by atoms with E-state index in [9.17, 15) is 14.7 Å². The molecular weight excluding hydrogens is 228 g/mol. The summed E-state index contributed by atoms with van der Waals surface area (Å²) in [7, 11) is 0. The first-order valence-corrected chi connectivity index (χ1v) is 6.17. The number of Topliss-reactive ketones (excluding diaryl/α,β-unsaturated/α-hetero) is 1. The molecule has 2 rings (SSSR count). The summed E-state index contributed by atoms with van der Waals surface area (Å²) >= 11 is 0. The van der Waals surface area contributed by atoms with Gasteiger partial charge in [0.15, 0.2) is 5.78 Å². The van der Waals surface area contributed by atoms with E-state index in [2.05, 4.69) is 0 Å². The van der Waals surface area contributed by atoms with Crippen molar-refractivity contribution in [2.75, 3.05) is 0 Å². The van der Waals surface area contributed by atoms with Gasteiger partial charge in [0.2, 0.25) is 0 Å². The van der Waals surface area contributed by atoms with Crippen molar-refractivity contribution in [3.05, 3.63) is 33.9 Å². The van der Waals surface area contributed by atoms with E-state index in [0.717, 1.165) is 22.3 Å². The average Bonchev–Trinajstić information content (AvgIpc) is 3.07. The highest BCUT2D eigenvalue weighted by Crippen LogP contribution is 2.49. The highest BCUT2D eigenvalue weighted by Gasteiger charge is 2.57. The smallest absolute Gasteiger partial charge is 0.317 e. The Balaban J connectivity index is 2.59. The predicted molar refractivity (Wildman–Crippen MR) is 69.0 cm³/mol. The summed E-state index contributed by atoms with van der Waals surface area (Å²) in [4.78, 5) is 23.8. The van der Waals surface area contributed by atoms with Crippen molar-refractivity contribution in [2.24, 2.45) is 5.41 Å². The molecule has 1 aromatic rings. The molecule has 0 bridgehead atoms. The predicted octanol–water partition coefficient (Wildman–Crippen LogP) is 2.97. The van der Waals surface area contributed by atoms with Gasteiger partial charge in [-0.15, -0.1) is 0 Å². The summed E-state index contributed by atoms with van der Waals surface area (Å²) < 4.78 is 0. The number of carbonyl (C=O) groups excluding carboxylic acids is 1. The lowest BCUT2D eigenvalue weighted by molar-refractivity contribution is -0.141. The number of carbonyl (C=O) groups is 2. The Labute approximate surface area is 107 Å². The van der Waals surface area contributed by atoms with Crippen molar-refractivity contribution < 1.29 is 14.7 Å². The topological polar surface area (TPSA) is 54.4 Å². The second-order valence-electron chi connectivity index (χ2n) is 5.35. The summed E-state index contributed by atoms with van der Waals surface area (Å²) in [5, 5.41) is 9.24. The Kier molecular flexibility index (Phi) is 2.80. The maximum absolute atomic E-state index is 12.5. The fourth-order valence-electron chi connectivity index (χ4n) is 2.46. The molecule has 0 spiro atoms. The second kappa shape index (κ2) is 3.94. The molecule has 3 heteroatoms. The summed E-state index contributed by atoms with van der Waals surface area (Å²) in [5.74, 6) is -1.19. The van der Waals surface area contributed by atoms with E-state index in [-0.39, 0.29) is 5.78 Å². The second-order valence-corrected chi connectivity index (χ2v) is 5.35. The first-order valence-electron chi connectivity index (χ1n) is 6.17. The Hall–Kier alpha value is -1.64. The van der Waals surface area contributed by atoms with Crippen molar-refractivity contribution in [3.8, 4) is 0 Å². The molecule has 18 heavy (non-hydrogen) atoms. The minimum absolute atomic E-state index is 0.211. The number of aryl methyl sites for hydroxylation is 2. The van der Waals surface area contributed by atoms with Crippen LogP contribution < -0.4 is 0 Å². The van der Waals surface area contributed by atoms with E-state index in [4.69, 9.17) is 0 Å². The van der Waals surface area contributed by atoms with E-state index < -0.39 is 11.4 Å². The maximum atomic E-state index is 12.5. The molecule has 0 amide bonds. The van der Waals surface area contributed by atoms with Crippen LogP contribution in [0.2, 0.25) is 0 Å². The highest BCUT2D eigenvalue weighted by molar-refractivity contribution is 6.15. The van der Waals surface area contributed by atoms with Gasteiger partial charge >= 0.3 is 5.97 Å². The molecule has 0 aliphatic heterocycles. The molecule has 1 saturated carbocycles. The molecular formula is C15H18O3. The van der Waals surface area contributed by atoms with Crippen LogP contribution in [-0.4, -0.2) is 16.9 Å². The van der Waals surface area contributed by atoms with Crippen molar-refractivity contribution >= 4 is 11.8 Å². The summed E-state index contributed by atoms with van der Waals surface area (Å²) in [5.41, 5.74) is 3.39. The monoisotopic (exact) mass is 246 g/mol. The highest BCUT2D eigenvalue weighted by atomic mass is 16.4. The third-order valence-electron chi connectivity index (χ3n) is 4.19. The molecule has 0 unspecified atom stereocenters. The van der Waals surface area contributed by atoms with Gasteiger partial charge in [0, 0.05) is 5.56 Å². The van der Waals surface area contributed by atoms with Crippen LogP contribution in [0.3, 0.4) is 0 Å². The van der Waals surface area contributed by atoms with Crippen LogP contribution in [-0.2, 0) is 4.79 Å². The fourth-order valence-corrected chi connectivity index (χ4v) is 2.46. The lowest BCUT2D eigenvalue weighted by Gasteiger charge is -2.17. The minimum Gasteiger partial charge on any atom is -0.480 e. The largest absolute Gasteiger partial charge is 0.480 e. The zero-order valence-corrected chi connectivity index (χ0v) is 11.3. The lowest BCUT2D eigenvalue weighted by Crippen LogP contribution is -2.27. The van der Waals surface area contributed by atoms with Crippen LogP contribution in [0, 0.1) is 33.1 Å². The molecule has 96 valence electrons. The van der Waals surface area contributed by atoms with Gasteiger partial charge in [-0.2, -0.15) is 0 Å². The lowest BCUT2D eigenvalue weighted by atomic mass is 9.85. The molecule has 1 aliphatic rings. The molecule has 1 N–H and O–H groups in total. The molecule has 0 saturated heterocycles. The van der Waals surface area contributed by atoms with Crippen LogP contribution in [0.1, 0.15) is 45.5 Å². The van der Waals surface area contributed by atoms with Crippen molar-refractivity contribution in [3.63, 3.8) is 0 Å². The van der Waals surface area contributed by atoms with Crippen LogP contribution in [0.4, 0.5) is 0 Å². The molecule has 1 fully saturated rings. The molecule has 0 aromatic heterocycles. The van der Waals surface area contributed by atoms with Crippen molar-refractivity contribution in [1.82, 2.24) is 0 Å². The Morgan fingerprint density at radius 3 is 1.83 bits per heavy atom. The number of carboxylic acids is 1. The van der Waals surface area contributed by atoms with Gasteiger partial charge in [-0.05, 0) is 62.8 Å². The molecule has 0 radical (unpaired) electrons. The average molecular weight is 246 g/mol. The van der Waals surface area contributed by atoms with Crippen molar-refractivity contribution in [1.29, 1.82) is 0 Å². The zero-order valence-electron chi connectivity index (χ0n) is 11.3. The first-order chi connectivity index (χ1) is 8.31.